The quantitative estimate of drug-likeness (QED) is 0.840. The van der Waals surface area contributed by atoms with Gasteiger partial charge in [-0.1, -0.05) is 35.9 Å². The van der Waals surface area contributed by atoms with E-state index < -0.39 is 0 Å². The maximum atomic E-state index is 12.7. The lowest BCUT2D eigenvalue weighted by molar-refractivity contribution is -0.136. The van der Waals surface area contributed by atoms with E-state index in [4.69, 9.17) is 0 Å². The number of hydrogen-bond acceptors (Lipinski definition) is 3. The summed E-state index contributed by atoms with van der Waals surface area (Å²) in [7, 11) is 1.87. The van der Waals surface area contributed by atoms with Gasteiger partial charge in [-0.05, 0) is 36.8 Å². The zero-order chi connectivity index (χ0) is 17.8. The maximum absolute atomic E-state index is 12.7. The monoisotopic (exact) mass is 356 g/mol. The van der Waals surface area contributed by atoms with E-state index in [1.807, 2.05) is 34.4 Å². The summed E-state index contributed by atoms with van der Waals surface area (Å²) in [4.78, 5) is 29.5. The van der Waals surface area contributed by atoms with Gasteiger partial charge < -0.3 is 9.80 Å². The number of aryl methyl sites for hydroxylation is 1. The standard InChI is InChI=1S/C20H24N2O2S/c1-15-5-7-16(8-6-15)14-21(2)19(23)17-9-11-22(12-10-17)20(24)18-4-3-13-25-18/h3-8,13,17H,9-12,14H2,1-2H3. The summed E-state index contributed by atoms with van der Waals surface area (Å²) in [5.74, 6) is 0.292. The first-order valence-electron chi connectivity index (χ1n) is 8.68. The number of benzene rings is 1. The number of likely N-dealkylation sites (tertiary alicyclic amines) is 1. The molecule has 0 aliphatic carbocycles. The van der Waals surface area contributed by atoms with Crippen LogP contribution in [-0.2, 0) is 11.3 Å². The van der Waals surface area contributed by atoms with Gasteiger partial charge in [0.2, 0.25) is 5.91 Å². The number of rotatable bonds is 4. The molecule has 1 aliphatic heterocycles. The molecule has 5 heteroatoms. The normalized spacial score (nSPS) is 15.2. The number of amides is 2. The van der Waals surface area contributed by atoms with Gasteiger partial charge >= 0.3 is 0 Å². The first-order chi connectivity index (χ1) is 12.0. The Morgan fingerprint density at radius 1 is 1.16 bits per heavy atom. The highest BCUT2D eigenvalue weighted by Gasteiger charge is 2.29. The summed E-state index contributed by atoms with van der Waals surface area (Å²) in [5, 5.41) is 1.92. The zero-order valence-corrected chi connectivity index (χ0v) is 15.6. The van der Waals surface area contributed by atoms with Gasteiger partial charge in [-0.2, -0.15) is 0 Å². The molecule has 0 saturated carbocycles. The summed E-state index contributed by atoms with van der Waals surface area (Å²) >= 11 is 1.47. The van der Waals surface area contributed by atoms with Gasteiger partial charge in [-0.3, -0.25) is 9.59 Å². The van der Waals surface area contributed by atoms with Crippen LogP contribution in [0.1, 0.15) is 33.6 Å². The number of hydrogen-bond donors (Lipinski definition) is 0. The Hall–Kier alpha value is -2.14. The molecule has 0 N–H and O–H groups in total. The molecule has 1 aromatic carbocycles. The smallest absolute Gasteiger partial charge is 0.263 e. The summed E-state index contributed by atoms with van der Waals surface area (Å²) in [5.41, 5.74) is 2.37. The molecule has 0 atom stereocenters. The maximum Gasteiger partial charge on any atom is 0.263 e. The molecule has 1 aromatic heterocycles. The Balaban J connectivity index is 1.52. The molecule has 0 radical (unpaired) electrons. The molecule has 1 aliphatic rings. The number of nitrogens with zero attached hydrogens (tertiary/aromatic N) is 2. The second kappa shape index (κ2) is 7.83. The molecule has 0 unspecified atom stereocenters. The fraction of sp³-hybridized carbons (Fsp3) is 0.400. The lowest BCUT2D eigenvalue weighted by atomic mass is 9.95. The third-order valence-corrected chi connectivity index (χ3v) is 5.64. The van der Waals surface area contributed by atoms with Crippen LogP contribution in [-0.4, -0.2) is 41.8 Å². The number of carbonyl (C=O) groups excluding carboxylic acids is 2. The summed E-state index contributed by atoms with van der Waals surface area (Å²) in [6, 6.07) is 12.0. The second-order valence-electron chi connectivity index (χ2n) is 6.72. The number of thiophene rings is 1. The SMILES string of the molecule is Cc1ccc(CN(C)C(=O)C2CCN(C(=O)c3cccs3)CC2)cc1. The van der Waals surface area contributed by atoms with E-state index in [9.17, 15) is 9.59 Å². The van der Waals surface area contributed by atoms with E-state index in [2.05, 4.69) is 31.2 Å². The summed E-state index contributed by atoms with van der Waals surface area (Å²) in [6.45, 7) is 4.01. The van der Waals surface area contributed by atoms with Crippen LogP contribution in [0.4, 0.5) is 0 Å². The highest BCUT2D eigenvalue weighted by molar-refractivity contribution is 7.12. The third kappa shape index (κ3) is 4.28. The molecular formula is C20H24N2O2S. The van der Waals surface area contributed by atoms with Crippen LogP contribution in [0, 0.1) is 12.8 Å². The molecule has 0 bridgehead atoms. The van der Waals surface area contributed by atoms with Crippen molar-refractivity contribution in [3.05, 3.63) is 57.8 Å². The van der Waals surface area contributed by atoms with Crippen molar-refractivity contribution in [1.29, 1.82) is 0 Å². The van der Waals surface area contributed by atoms with E-state index in [0.717, 1.165) is 23.3 Å². The van der Waals surface area contributed by atoms with Gasteiger partial charge in [0, 0.05) is 32.6 Å². The van der Waals surface area contributed by atoms with Gasteiger partial charge in [0.05, 0.1) is 4.88 Å². The van der Waals surface area contributed by atoms with Crippen molar-refractivity contribution in [2.75, 3.05) is 20.1 Å². The van der Waals surface area contributed by atoms with Crippen molar-refractivity contribution in [3.63, 3.8) is 0 Å². The fourth-order valence-electron chi connectivity index (χ4n) is 3.24. The predicted molar refractivity (Wildman–Crippen MR) is 101 cm³/mol. The van der Waals surface area contributed by atoms with Crippen LogP contribution in [0.3, 0.4) is 0 Å². The van der Waals surface area contributed by atoms with Crippen LogP contribution < -0.4 is 0 Å². The molecule has 2 heterocycles. The molecule has 1 fully saturated rings. The van der Waals surface area contributed by atoms with Crippen LogP contribution in [0.15, 0.2) is 41.8 Å². The first-order valence-corrected chi connectivity index (χ1v) is 9.56. The van der Waals surface area contributed by atoms with E-state index in [0.29, 0.717) is 19.6 Å². The Bertz CT molecular complexity index is 717. The van der Waals surface area contributed by atoms with Crippen LogP contribution in [0.5, 0.6) is 0 Å². The molecule has 2 aromatic rings. The lowest BCUT2D eigenvalue weighted by Gasteiger charge is -2.33. The van der Waals surface area contributed by atoms with Crippen LogP contribution >= 0.6 is 11.3 Å². The Morgan fingerprint density at radius 2 is 1.84 bits per heavy atom. The minimum atomic E-state index is 0.0165. The average molecular weight is 356 g/mol. The first kappa shape index (κ1) is 17.7. The van der Waals surface area contributed by atoms with Crippen molar-refractivity contribution in [3.8, 4) is 0 Å². The minimum Gasteiger partial charge on any atom is -0.341 e. The fourth-order valence-corrected chi connectivity index (χ4v) is 3.93. The Labute approximate surface area is 153 Å². The zero-order valence-electron chi connectivity index (χ0n) is 14.8. The highest BCUT2D eigenvalue weighted by atomic mass is 32.1. The minimum absolute atomic E-state index is 0.0165. The van der Waals surface area contributed by atoms with Crippen molar-refractivity contribution in [1.82, 2.24) is 9.80 Å². The van der Waals surface area contributed by atoms with Gasteiger partial charge in [-0.25, -0.2) is 0 Å². The second-order valence-corrected chi connectivity index (χ2v) is 7.67. The van der Waals surface area contributed by atoms with E-state index in [1.54, 1.807) is 0 Å². The highest BCUT2D eigenvalue weighted by Crippen LogP contribution is 2.22. The molecule has 1 saturated heterocycles. The largest absolute Gasteiger partial charge is 0.341 e. The third-order valence-electron chi connectivity index (χ3n) is 4.78. The number of carbonyl (C=O) groups is 2. The molecule has 3 rings (SSSR count). The van der Waals surface area contributed by atoms with Gasteiger partial charge in [-0.15, -0.1) is 11.3 Å². The molecule has 2 amide bonds. The molecule has 132 valence electrons. The topological polar surface area (TPSA) is 40.6 Å². The van der Waals surface area contributed by atoms with Crippen molar-refractivity contribution >= 4 is 23.2 Å². The van der Waals surface area contributed by atoms with Crippen molar-refractivity contribution < 1.29 is 9.59 Å². The van der Waals surface area contributed by atoms with Crippen molar-refractivity contribution in [2.45, 2.75) is 26.3 Å². The summed E-state index contributed by atoms with van der Waals surface area (Å²) < 4.78 is 0. The predicted octanol–water partition coefficient (Wildman–Crippen LogP) is 3.57. The lowest BCUT2D eigenvalue weighted by Crippen LogP contribution is -2.43. The van der Waals surface area contributed by atoms with E-state index in [1.165, 1.54) is 16.9 Å². The summed E-state index contributed by atoms with van der Waals surface area (Å²) in [6.07, 6.45) is 1.49. The molecular weight excluding hydrogens is 332 g/mol. The molecule has 25 heavy (non-hydrogen) atoms. The van der Waals surface area contributed by atoms with Crippen molar-refractivity contribution in [2.24, 2.45) is 5.92 Å². The van der Waals surface area contributed by atoms with Crippen LogP contribution in [0.2, 0.25) is 0 Å². The average Bonchev–Trinajstić information content (AvgIpc) is 3.17. The van der Waals surface area contributed by atoms with Gasteiger partial charge in [0.25, 0.3) is 5.91 Å². The van der Waals surface area contributed by atoms with E-state index >= 15 is 0 Å². The molecule has 4 nitrogen and oxygen atoms in total. The number of piperidine rings is 1. The van der Waals surface area contributed by atoms with Gasteiger partial charge in [0.15, 0.2) is 0 Å². The Kier molecular flexibility index (Phi) is 5.53. The van der Waals surface area contributed by atoms with Crippen LogP contribution in [0.25, 0.3) is 0 Å². The van der Waals surface area contributed by atoms with Gasteiger partial charge in [0.1, 0.15) is 0 Å². The van der Waals surface area contributed by atoms with E-state index in [-0.39, 0.29) is 17.7 Å². The Morgan fingerprint density at radius 3 is 2.44 bits per heavy atom. The molecule has 0 spiro atoms.